The maximum Gasteiger partial charge on any atom is 0.501 e. The molecular weight excluding hydrogens is 261 g/mol. The molecule has 0 fully saturated rings. The van der Waals surface area contributed by atoms with Gasteiger partial charge in [0.2, 0.25) is 0 Å². The number of benzene rings is 1. The summed E-state index contributed by atoms with van der Waals surface area (Å²) in [5, 5.41) is 9.18. The summed E-state index contributed by atoms with van der Waals surface area (Å²) in [7, 11) is -5.41. The quantitative estimate of drug-likeness (QED) is 0.795. The summed E-state index contributed by atoms with van der Waals surface area (Å²) in [6.07, 6.45) is 0.953. The second-order valence-electron chi connectivity index (χ2n) is 3.19. The number of imidazole rings is 1. The number of nitrogens with zero attached hydrogens (tertiary/aromatic N) is 2. The molecule has 0 aliphatic carbocycles. The summed E-state index contributed by atoms with van der Waals surface area (Å²) in [6.45, 7) is 0. The van der Waals surface area contributed by atoms with Crippen molar-refractivity contribution < 1.29 is 26.8 Å². The van der Waals surface area contributed by atoms with Crippen LogP contribution in [-0.4, -0.2) is 28.8 Å². The van der Waals surface area contributed by atoms with Gasteiger partial charge >= 0.3 is 5.51 Å². The van der Waals surface area contributed by atoms with Gasteiger partial charge < -0.3 is 5.21 Å². The van der Waals surface area contributed by atoms with Crippen molar-refractivity contribution in [2.45, 2.75) is 10.4 Å². The van der Waals surface area contributed by atoms with Gasteiger partial charge in [0.25, 0.3) is 9.84 Å². The highest BCUT2D eigenvalue weighted by molar-refractivity contribution is 7.92. The number of hydrogen-bond donors (Lipinski definition) is 1. The molecule has 0 saturated heterocycles. The van der Waals surface area contributed by atoms with Gasteiger partial charge in [-0.2, -0.15) is 17.9 Å². The molecule has 5 nitrogen and oxygen atoms in total. The number of aromatic nitrogens is 2. The van der Waals surface area contributed by atoms with E-state index in [1.807, 2.05) is 0 Å². The molecule has 0 aliphatic rings. The monoisotopic (exact) mass is 266 g/mol. The van der Waals surface area contributed by atoms with Gasteiger partial charge in [0.05, 0.1) is 10.4 Å². The standard InChI is InChI=1S/C8H5F3N2O3S/c9-8(10,11)17(15,16)5-1-2-6-7(3-5)13(14)4-12-6/h1-4,14H. The van der Waals surface area contributed by atoms with Gasteiger partial charge in [-0.05, 0) is 18.2 Å². The van der Waals surface area contributed by atoms with E-state index in [1.54, 1.807) is 0 Å². The average Bonchev–Trinajstić information content (AvgIpc) is 2.58. The molecule has 2 rings (SSSR count). The van der Waals surface area contributed by atoms with E-state index in [9.17, 15) is 26.8 Å². The SMILES string of the molecule is O=S(=O)(c1ccc2ncn(O)c2c1)C(F)(F)F. The zero-order valence-electron chi connectivity index (χ0n) is 8.01. The zero-order chi connectivity index (χ0) is 12.8. The lowest BCUT2D eigenvalue weighted by Crippen LogP contribution is -2.23. The highest BCUT2D eigenvalue weighted by Gasteiger charge is 2.46. The Morgan fingerprint density at radius 1 is 1.29 bits per heavy atom. The lowest BCUT2D eigenvalue weighted by atomic mass is 10.3. The van der Waals surface area contributed by atoms with E-state index in [0.717, 1.165) is 18.5 Å². The van der Waals surface area contributed by atoms with Crippen LogP contribution in [0.2, 0.25) is 0 Å². The van der Waals surface area contributed by atoms with E-state index >= 15 is 0 Å². The molecule has 1 heterocycles. The highest BCUT2D eigenvalue weighted by Crippen LogP contribution is 2.31. The van der Waals surface area contributed by atoms with Crippen molar-refractivity contribution in [3.05, 3.63) is 24.5 Å². The fraction of sp³-hybridized carbons (Fsp3) is 0.125. The number of sulfone groups is 1. The van der Waals surface area contributed by atoms with Crippen molar-refractivity contribution in [1.82, 2.24) is 9.71 Å². The predicted molar refractivity (Wildman–Crippen MR) is 50.2 cm³/mol. The molecule has 0 radical (unpaired) electrons. The first-order valence-electron chi connectivity index (χ1n) is 4.21. The van der Waals surface area contributed by atoms with Crippen molar-refractivity contribution in [3.63, 3.8) is 0 Å². The molecule has 0 saturated carbocycles. The summed E-state index contributed by atoms with van der Waals surface area (Å²) in [6, 6.07) is 2.59. The second-order valence-corrected chi connectivity index (χ2v) is 5.13. The molecule has 0 amide bonds. The van der Waals surface area contributed by atoms with Crippen molar-refractivity contribution in [2.24, 2.45) is 0 Å². The molecule has 0 aliphatic heterocycles. The van der Waals surface area contributed by atoms with Crippen LogP contribution < -0.4 is 0 Å². The Bertz CT molecular complexity index is 675. The van der Waals surface area contributed by atoms with Crippen molar-refractivity contribution in [2.75, 3.05) is 0 Å². The third-order valence-electron chi connectivity index (χ3n) is 2.11. The van der Waals surface area contributed by atoms with Crippen LogP contribution in [0.25, 0.3) is 11.0 Å². The fourth-order valence-electron chi connectivity index (χ4n) is 1.28. The number of hydrogen-bond acceptors (Lipinski definition) is 4. The first kappa shape index (κ1) is 11.7. The summed E-state index contributed by atoms with van der Waals surface area (Å²) in [5.74, 6) is 0. The molecule has 1 aromatic heterocycles. The molecule has 17 heavy (non-hydrogen) atoms. The third-order valence-corrected chi connectivity index (χ3v) is 3.60. The lowest BCUT2D eigenvalue weighted by molar-refractivity contribution is -0.0436. The molecule has 92 valence electrons. The summed E-state index contributed by atoms with van der Waals surface area (Å²) in [5.41, 5.74) is -5.30. The molecular formula is C8H5F3N2O3S. The molecule has 1 N–H and O–H groups in total. The zero-order valence-corrected chi connectivity index (χ0v) is 8.83. The summed E-state index contributed by atoms with van der Waals surface area (Å²) < 4.78 is 59.5. The van der Waals surface area contributed by atoms with E-state index < -0.39 is 20.2 Å². The smallest absolute Gasteiger partial charge is 0.427 e. The number of alkyl halides is 3. The largest absolute Gasteiger partial charge is 0.501 e. The molecule has 0 bridgehead atoms. The molecule has 2 aromatic rings. The van der Waals surface area contributed by atoms with Gasteiger partial charge in [0, 0.05) is 0 Å². The highest BCUT2D eigenvalue weighted by atomic mass is 32.2. The van der Waals surface area contributed by atoms with Crippen LogP contribution >= 0.6 is 0 Å². The number of rotatable bonds is 1. The number of halogens is 3. The van der Waals surface area contributed by atoms with Crippen LogP contribution in [0.4, 0.5) is 13.2 Å². The first-order chi connectivity index (χ1) is 7.73. The Morgan fingerprint density at radius 3 is 2.53 bits per heavy atom. The number of fused-ring (bicyclic) bond motifs is 1. The van der Waals surface area contributed by atoms with Gasteiger partial charge in [-0.1, -0.05) is 0 Å². The van der Waals surface area contributed by atoms with Crippen LogP contribution in [0, 0.1) is 0 Å². The van der Waals surface area contributed by atoms with E-state index in [4.69, 9.17) is 0 Å². The van der Waals surface area contributed by atoms with Crippen molar-refractivity contribution >= 4 is 20.9 Å². The van der Waals surface area contributed by atoms with E-state index in [2.05, 4.69) is 4.98 Å². The van der Waals surface area contributed by atoms with Crippen LogP contribution in [0.1, 0.15) is 0 Å². The Balaban J connectivity index is 2.69. The second kappa shape index (κ2) is 3.36. The summed E-state index contributed by atoms with van der Waals surface area (Å²) in [4.78, 5) is 2.70. The first-order valence-corrected chi connectivity index (χ1v) is 5.69. The van der Waals surface area contributed by atoms with E-state index in [0.29, 0.717) is 10.8 Å². The Labute approximate surface area is 93.0 Å². The van der Waals surface area contributed by atoms with Crippen LogP contribution in [0.15, 0.2) is 29.4 Å². The molecule has 0 spiro atoms. The Hall–Kier alpha value is -1.77. The van der Waals surface area contributed by atoms with Gasteiger partial charge in [-0.15, -0.1) is 0 Å². The molecule has 1 aromatic carbocycles. The van der Waals surface area contributed by atoms with E-state index in [-0.39, 0.29) is 11.0 Å². The van der Waals surface area contributed by atoms with Gasteiger partial charge in [0.15, 0.2) is 0 Å². The van der Waals surface area contributed by atoms with Crippen molar-refractivity contribution in [3.8, 4) is 0 Å². The Morgan fingerprint density at radius 2 is 1.94 bits per heavy atom. The van der Waals surface area contributed by atoms with Crippen LogP contribution in [-0.2, 0) is 9.84 Å². The maximum atomic E-state index is 12.3. The van der Waals surface area contributed by atoms with Crippen molar-refractivity contribution in [1.29, 1.82) is 0 Å². The third kappa shape index (κ3) is 1.71. The predicted octanol–water partition coefficient (Wildman–Crippen LogP) is 1.57. The normalized spacial score (nSPS) is 13.1. The fourth-order valence-corrected chi connectivity index (χ4v) is 2.06. The van der Waals surface area contributed by atoms with E-state index in [1.165, 1.54) is 0 Å². The van der Waals surface area contributed by atoms with Gasteiger partial charge in [0.1, 0.15) is 11.8 Å². The minimum Gasteiger partial charge on any atom is -0.427 e. The van der Waals surface area contributed by atoms with Crippen LogP contribution in [0.3, 0.4) is 0 Å². The molecule has 9 heteroatoms. The minimum absolute atomic E-state index is 0.115. The minimum atomic E-state index is -5.41. The van der Waals surface area contributed by atoms with Gasteiger partial charge in [-0.25, -0.2) is 13.4 Å². The lowest BCUT2D eigenvalue weighted by Gasteiger charge is -2.07. The maximum absolute atomic E-state index is 12.3. The average molecular weight is 266 g/mol. The summed E-state index contributed by atoms with van der Waals surface area (Å²) >= 11 is 0. The van der Waals surface area contributed by atoms with Crippen LogP contribution in [0.5, 0.6) is 0 Å². The molecule has 0 atom stereocenters. The topological polar surface area (TPSA) is 72.2 Å². The van der Waals surface area contributed by atoms with Gasteiger partial charge in [-0.3, -0.25) is 0 Å². The molecule has 0 unspecified atom stereocenters. The Kier molecular flexibility index (Phi) is 2.31.